The molecule has 1 heterocycles. The summed E-state index contributed by atoms with van der Waals surface area (Å²) in [6.07, 6.45) is 0. The molecular weight excluding hydrogens is 216 g/mol. The van der Waals surface area contributed by atoms with E-state index in [0.29, 0.717) is 6.54 Å². The van der Waals surface area contributed by atoms with Crippen LogP contribution in [-0.4, -0.2) is 19.9 Å². The molecule has 0 fully saturated rings. The monoisotopic (exact) mass is 232 g/mol. The highest BCUT2D eigenvalue weighted by Gasteiger charge is 2.06. The Balaban J connectivity index is 2.04. The number of aromatic hydroxyl groups is 1. The fourth-order valence-electron chi connectivity index (χ4n) is 1.73. The summed E-state index contributed by atoms with van der Waals surface area (Å²) in [6, 6.07) is 6.96. The van der Waals surface area contributed by atoms with Crippen molar-refractivity contribution in [2.24, 2.45) is 0 Å². The lowest BCUT2D eigenvalue weighted by Crippen LogP contribution is -2.08. The van der Waals surface area contributed by atoms with Gasteiger partial charge in [-0.05, 0) is 38.1 Å². The van der Waals surface area contributed by atoms with E-state index in [1.807, 2.05) is 19.1 Å². The van der Waals surface area contributed by atoms with Gasteiger partial charge in [0.05, 0.1) is 6.54 Å². The molecule has 0 atom stereocenters. The Kier molecular flexibility index (Phi) is 3.27. The third kappa shape index (κ3) is 2.55. The van der Waals surface area contributed by atoms with Gasteiger partial charge in [-0.15, -0.1) is 10.2 Å². The summed E-state index contributed by atoms with van der Waals surface area (Å²) in [5.74, 6) is 2.11. The summed E-state index contributed by atoms with van der Waals surface area (Å²) in [6.45, 7) is 5.51. The van der Waals surface area contributed by atoms with E-state index in [4.69, 9.17) is 0 Å². The molecular formula is C12H16N4O. The van der Waals surface area contributed by atoms with Gasteiger partial charge >= 0.3 is 0 Å². The van der Waals surface area contributed by atoms with Gasteiger partial charge in [-0.25, -0.2) is 0 Å². The number of aromatic nitrogens is 3. The minimum atomic E-state index is 0.267. The van der Waals surface area contributed by atoms with Crippen LogP contribution in [0.2, 0.25) is 0 Å². The number of nitrogens with zero attached hydrogens (tertiary/aromatic N) is 3. The molecule has 17 heavy (non-hydrogen) atoms. The van der Waals surface area contributed by atoms with Crippen molar-refractivity contribution in [1.82, 2.24) is 14.8 Å². The molecule has 0 saturated carbocycles. The quantitative estimate of drug-likeness (QED) is 0.791. The Hall–Kier alpha value is -2.04. The molecule has 0 aliphatic heterocycles. The van der Waals surface area contributed by atoms with Crippen LogP contribution in [0.5, 0.6) is 5.75 Å². The normalized spacial score (nSPS) is 10.5. The minimum absolute atomic E-state index is 0.267. The third-order valence-electron chi connectivity index (χ3n) is 2.65. The third-order valence-corrected chi connectivity index (χ3v) is 2.65. The zero-order valence-electron chi connectivity index (χ0n) is 10.0. The van der Waals surface area contributed by atoms with Crippen molar-refractivity contribution in [1.29, 1.82) is 0 Å². The first-order valence-corrected chi connectivity index (χ1v) is 5.62. The van der Waals surface area contributed by atoms with E-state index in [1.165, 1.54) is 0 Å². The molecule has 2 rings (SSSR count). The average molecular weight is 232 g/mol. The lowest BCUT2D eigenvalue weighted by molar-refractivity contribution is 0.475. The smallest absolute Gasteiger partial charge is 0.152 e. The van der Waals surface area contributed by atoms with Crippen molar-refractivity contribution in [3.05, 3.63) is 35.9 Å². The molecule has 0 radical (unpaired) electrons. The largest absolute Gasteiger partial charge is 0.508 e. The van der Waals surface area contributed by atoms with Crippen LogP contribution in [0.15, 0.2) is 24.3 Å². The zero-order valence-corrected chi connectivity index (χ0v) is 10.0. The lowest BCUT2D eigenvalue weighted by Gasteiger charge is -2.07. The number of phenols is 1. The van der Waals surface area contributed by atoms with Crippen molar-refractivity contribution in [3.63, 3.8) is 0 Å². The SMILES string of the molecule is CCn1c(C)nnc1CNc1ccc(O)cc1. The van der Waals surface area contributed by atoms with Crippen LogP contribution < -0.4 is 5.32 Å². The van der Waals surface area contributed by atoms with Crippen LogP contribution >= 0.6 is 0 Å². The van der Waals surface area contributed by atoms with Gasteiger partial charge in [0.2, 0.25) is 0 Å². The number of phenolic OH excluding ortho intramolecular Hbond substituents is 1. The van der Waals surface area contributed by atoms with Crippen molar-refractivity contribution in [2.45, 2.75) is 26.9 Å². The summed E-state index contributed by atoms with van der Waals surface area (Å²) in [5.41, 5.74) is 0.950. The first-order chi connectivity index (χ1) is 8.20. The van der Waals surface area contributed by atoms with Crippen LogP contribution in [-0.2, 0) is 13.1 Å². The van der Waals surface area contributed by atoms with Gasteiger partial charge in [-0.3, -0.25) is 0 Å². The molecule has 0 saturated heterocycles. The highest BCUT2D eigenvalue weighted by Crippen LogP contribution is 2.14. The van der Waals surface area contributed by atoms with Crippen molar-refractivity contribution in [3.8, 4) is 5.75 Å². The maximum absolute atomic E-state index is 9.17. The molecule has 2 aromatic rings. The molecule has 0 aliphatic carbocycles. The van der Waals surface area contributed by atoms with Gasteiger partial charge in [0, 0.05) is 12.2 Å². The van der Waals surface area contributed by atoms with Crippen LogP contribution in [0.3, 0.4) is 0 Å². The highest BCUT2D eigenvalue weighted by atomic mass is 16.3. The zero-order chi connectivity index (χ0) is 12.3. The van der Waals surface area contributed by atoms with Gasteiger partial charge in [0.25, 0.3) is 0 Å². The molecule has 0 bridgehead atoms. The molecule has 0 unspecified atom stereocenters. The second-order valence-corrected chi connectivity index (χ2v) is 3.81. The van der Waals surface area contributed by atoms with Crippen LogP contribution in [0.4, 0.5) is 5.69 Å². The molecule has 0 aliphatic rings. The second-order valence-electron chi connectivity index (χ2n) is 3.81. The average Bonchev–Trinajstić information content (AvgIpc) is 2.69. The van der Waals surface area contributed by atoms with Crippen LogP contribution in [0.1, 0.15) is 18.6 Å². The molecule has 1 aromatic carbocycles. The maximum atomic E-state index is 9.17. The minimum Gasteiger partial charge on any atom is -0.508 e. The summed E-state index contributed by atoms with van der Waals surface area (Å²) in [5, 5.41) is 20.6. The van der Waals surface area contributed by atoms with Gasteiger partial charge in [0.15, 0.2) is 5.82 Å². The van der Waals surface area contributed by atoms with Gasteiger partial charge in [-0.2, -0.15) is 0 Å². The van der Waals surface area contributed by atoms with Gasteiger partial charge in [0.1, 0.15) is 11.6 Å². The van der Waals surface area contributed by atoms with E-state index in [9.17, 15) is 5.11 Å². The number of hydrogen-bond acceptors (Lipinski definition) is 4. The van der Waals surface area contributed by atoms with Gasteiger partial charge < -0.3 is 15.0 Å². The molecule has 5 heteroatoms. The molecule has 0 spiro atoms. The summed E-state index contributed by atoms with van der Waals surface area (Å²) >= 11 is 0. The summed E-state index contributed by atoms with van der Waals surface area (Å²) < 4.78 is 2.06. The van der Waals surface area contributed by atoms with Crippen LogP contribution in [0, 0.1) is 6.92 Å². The number of anilines is 1. The maximum Gasteiger partial charge on any atom is 0.152 e. The van der Waals surface area contributed by atoms with E-state index in [2.05, 4.69) is 27.0 Å². The fourth-order valence-corrected chi connectivity index (χ4v) is 1.73. The molecule has 0 amide bonds. The van der Waals surface area contributed by atoms with Crippen molar-refractivity contribution < 1.29 is 5.11 Å². The Morgan fingerprint density at radius 2 is 1.94 bits per heavy atom. The predicted molar refractivity (Wildman–Crippen MR) is 65.9 cm³/mol. The Morgan fingerprint density at radius 3 is 2.59 bits per heavy atom. The number of aryl methyl sites for hydroxylation is 1. The molecule has 1 aromatic heterocycles. The highest BCUT2D eigenvalue weighted by molar-refractivity contribution is 5.45. The number of rotatable bonds is 4. The van der Waals surface area contributed by atoms with E-state index in [0.717, 1.165) is 23.9 Å². The standard InChI is InChI=1S/C12H16N4O/c1-3-16-9(2)14-15-12(16)8-13-10-4-6-11(17)7-5-10/h4-7,13,17H,3,8H2,1-2H3. The van der Waals surface area contributed by atoms with Gasteiger partial charge in [-0.1, -0.05) is 0 Å². The van der Waals surface area contributed by atoms with E-state index in [1.54, 1.807) is 12.1 Å². The van der Waals surface area contributed by atoms with E-state index < -0.39 is 0 Å². The Labute approximate surface area is 100 Å². The van der Waals surface area contributed by atoms with Crippen molar-refractivity contribution in [2.75, 3.05) is 5.32 Å². The fraction of sp³-hybridized carbons (Fsp3) is 0.333. The molecule has 5 nitrogen and oxygen atoms in total. The summed E-state index contributed by atoms with van der Waals surface area (Å²) in [7, 11) is 0. The summed E-state index contributed by atoms with van der Waals surface area (Å²) in [4.78, 5) is 0. The van der Waals surface area contributed by atoms with Crippen LogP contribution in [0.25, 0.3) is 0 Å². The lowest BCUT2D eigenvalue weighted by atomic mass is 10.3. The predicted octanol–water partition coefficient (Wildman–Crippen LogP) is 1.92. The topological polar surface area (TPSA) is 63.0 Å². The Bertz CT molecular complexity index is 490. The van der Waals surface area contributed by atoms with E-state index >= 15 is 0 Å². The number of hydrogen-bond donors (Lipinski definition) is 2. The number of nitrogens with one attached hydrogen (secondary N) is 1. The first-order valence-electron chi connectivity index (χ1n) is 5.62. The van der Waals surface area contributed by atoms with E-state index in [-0.39, 0.29) is 5.75 Å². The first kappa shape index (κ1) is 11.4. The van der Waals surface area contributed by atoms with Crippen molar-refractivity contribution >= 4 is 5.69 Å². The Morgan fingerprint density at radius 1 is 1.24 bits per heavy atom. The second kappa shape index (κ2) is 4.86. The molecule has 2 N–H and O–H groups in total. The number of benzene rings is 1. The molecule has 90 valence electrons.